The van der Waals surface area contributed by atoms with Crippen LogP contribution in [0.3, 0.4) is 0 Å². The molecule has 2 nitrogen and oxygen atoms in total. The molecule has 0 heterocycles. The molecule has 0 bridgehead atoms. The van der Waals surface area contributed by atoms with E-state index >= 15 is 0 Å². The molecule has 0 aliphatic rings. The third-order valence-corrected chi connectivity index (χ3v) is 2.10. The minimum Gasteiger partial charge on any atom is -0.316 e. The van der Waals surface area contributed by atoms with Crippen LogP contribution in [0, 0.1) is 11.3 Å². The van der Waals surface area contributed by atoms with Crippen LogP contribution in [-0.2, 0) is 0 Å². The van der Waals surface area contributed by atoms with Gasteiger partial charge in [0.15, 0.2) is 0 Å². The first-order chi connectivity index (χ1) is 4.34. The first-order valence-corrected chi connectivity index (χ1v) is 3.85. The second kappa shape index (κ2) is 3.35. The van der Waals surface area contributed by atoms with Crippen LogP contribution in [0.2, 0.25) is 0 Å². The number of rotatable bonds is 2. The third kappa shape index (κ3) is 3.85. The maximum absolute atomic E-state index is 5.47. The maximum Gasteiger partial charge on any atom is 0.0523 e. The highest BCUT2D eigenvalue weighted by Gasteiger charge is 2.20. The van der Waals surface area contributed by atoms with Crippen molar-refractivity contribution in [3.63, 3.8) is 0 Å². The van der Waals surface area contributed by atoms with Gasteiger partial charge in [-0.1, -0.05) is 27.7 Å². The molecule has 0 spiro atoms. The van der Waals surface area contributed by atoms with Gasteiger partial charge in [0.1, 0.15) is 0 Å². The topological polar surface area (TPSA) is 52.0 Å². The van der Waals surface area contributed by atoms with E-state index < -0.39 is 0 Å². The second-order valence-electron chi connectivity index (χ2n) is 4.17. The van der Waals surface area contributed by atoms with Crippen molar-refractivity contribution in [1.82, 2.24) is 0 Å². The van der Waals surface area contributed by atoms with Crippen LogP contribution in [-0.4, -0.2) is 6.17 Å². The predicted molar refractivity (Wildman–Crippen MR) is 45.4 cm³/mol. The molecule has 62 valence electrons. The van der Waals surface area contributed by atoms with E-state index in [1.807, 2.05) is 0 Å². The maximum atomic E-state index is 5.47. The van der Waals surface area contributed by atoms with E-state index in [0.717, 1.165) is 6.42 Å². The summed E-state index contributed by atoms with van der Waals surface area (Å²) in [6.45, 7) is 8.81. The van der Waals surface area contributed by atoms with Crippen LogP contribution in [0.15, 0.2) is 0 Å². The number of hydrogen-bond acceptors (Lipinski definition) is 2. The Morgan fingerprint density at radius 3 is 1.70 bits per heavy atom. The van der Waals surface area contributed by atoms with Crippen molar-refractivity contribution in [3.8, 4) is 0 Å². The van der Waals surface area contributed by atoms with Crippen molar-refractivity contribution in [2.45, 2.75) is 40.3 Å². The zero-order chi connectivity index (χ0) is 8.36. The van der Waals surface area contributed by atoms with E-state index in [0.29, 0.717) is 11.3 Å². The Balaban J connectivity index is 3.73. The lowest BCUT2D eigenvalue weighted by molar-refractivity contribution is 0.234. The Morgan fingerprint density at radius 2 is 1.60 bits per heavy atom. The molecule has 0 aromatic carbocycles. The van der Waals surface area contributed by atoms with E-state index in [4.69, 9.17) is 11.5 Å². The molecule has 4 N–H and O–H groups in total. The fraction of sp³-hybridized carbons (Fsp3) is 1.00. The molecule has 0 radical (unpaired) electrons. The average Bonchev–Trinajstić information content (AvgIpc) is 1.60. The van der Waals surface area contributed by atoms with E-state index in [1.54, 1.807) is 0 Å². The molecule has 0 aliphatic heterocycles. The molecule has 0 amide bonds. The molecule has 0 fully saturated rings. The van der Waals surface area contributed by atoms with Gasteiger partial charge in [-0.2, -0.15) is 0 Å². The minimum atomic E-state index is -0.158. The molecular formula is C8H20N2. The standard InChI is InChI=1S/C8H20N2/c1-6(5-7(9)10)8(2,3)4/h6-7H,5,9-10H2,1-4H3. The summed E-state index contributed by atoms with van der Waals surface area (Å²) < 4.78 is 0. The quantitative estimate of drug-likeness (QED) is 0.574. The molecule has 1 unspecified atom stereocenters. The minimum absolute atomic E-state index is 0.158. The summed E-state index contributed by atoms with van der Waals surface area (Å²) >= 11 is 0. The molecule has 2 heteroatoms. The van der Waals surface area contributed by atoms with Crippen LogP contribution in [0.25, 0.3) is 0 Å². The Morgan fingerprint density at radius 1 is 1.20 bits per heavy atom. The zero-order valence-corrected chi connectivity index (χ0v) is 7.52. The molecule has 0 rings (SSSR count). The molecule has 0 aliphatic carbocycles. The predicted octanol–water partition coefficient (Wildman–Crippen LogP) is 1.30. The van der Waals surface area contributed by atoms with Gasteiger partial charge in [0.05, 0.1) is 6.17 Å². The van der Waals surface area contributed by atoms with Gasteiger partial charge in [-0.15, -0.1) is 0 Å². The summed E-state index contributed by atoms with van der Waals surface area (Å²) in [5.41, 5.74) is 11.3. The first kappa shape index (κ1) is 9.92. The summed E-state index contributed by atoms with van der Waals surface area (Å²) in [4.78, 5) is 0. The summed E-state index contributed by atoms with van der Waals surface area (Å²) in [5, 5.41) is 0. The lowest BCUT2D eigenvalue weighted by Crippen LogP contribution is -2.35. The lowest BCUT2D eigenvalue weighted by atomic mass is 9.80. The summed E-state index contributed by atoms with van der Waals surface area (Å²) in [7, 11) is 0. The van der Waals surface area contributed by atoms with Gasteiger partial charge in [0.25, 0.3) is 0 Å². The number of nitrogens with two attached hydrogens (primary N) is 2. The van der Waals surface area contributed by atoms with Gasteiger partial charge in [-0.05, 0) is 17.8 Å². The lowest BCUT2D eigenvalue weighted by Gasteiger charge is -2.28. The Bertz CT molecular complexity index is 91.9. The van der Waals surface area contributed by atoms with Crippen molar-refractivity contribution >= 4 is 0 Å². The average molecular weight is 144 g/mol. The van der Waals surface area contributed by atoms with Crippen LogP contribution in [0.1, 0.15) is 34.1 Å². The zero-order valence-electron chi connectivity index (χ0n) is 7.52. The summed E-state index contributed by atoms with van der Waals surface area (Å²) in [6, 6.07) is 0. The highest BCUT2D eigenvalue weighted by Crippen LogP contribution is 2.27. The van der Waals surface area contributed by atoms with E-state index in [9.17, 15) is 0 Å². The smallest absolute Gasteiger partial charge is 0.0523 e. The van der Waals surface area contributed by atoms with Crippen molar-refractivity contribution in [2.75, 3.05) is 0 Å². The van der Waals surface area contributed by atoms with Crippen molar-refractivity contribution in [1.29, 1.82) is 0 Å². The molecule has 0 aromatic rings. The van der Waals surface area contributed by atoms with Crippen LogP contribution in [0.4, 0.5) is 0 Å². The largest absolute Gasteiger partial charge is 0.316 e. The molecule has 0 aromatic heterocycles. The van der Waals surface area contributed by atoms with E-state index in [-0.39, 0.29) is 6.17 Å². The normalized spacial score (nSPS) is 15.9. The molecule has 10 heavy (non-hydrogen) atoms. The number of hydrogen-bond donors (Lipinski definition) is 2. The van der Waals surface area contributed by atoms with Gasteiger partial charge in [0, 0.05) is 0 Å². The van der Waals surface area contributed by atoms with Gasteiger partial charge >= 0.3 is 0 Å². The van der Waals surface area contributed by atoms with Gasteiger partial charge < -0.3 is 11.5 Å². The van der Waals surface area contributed by atoms with Crippen LogP contribution < -0.4 is 11.5 Å². The van der Waals surface area contributed by atoms with Gasteiger partial charge in [-0.25, -0.2) is 0 Å². The van der Waals surface area contributed by atoms with Crippen molar-refractivity contribution in [3.05, 3.63) is 0 Å². The highest BCUT2D eigenvalue weighted by atomic mass is 14.8. The molecule has 1 atom stereocenters. The Hall–Kier alpha value is -0.0800. The third-order valence-electron chi connectivity index (χ3n) is 2.10. The first-order valence-electron chi connectivity index (χ1n) is 3.85. The summed E-state index contributed by atoms with van der Waals surface area (Å²) in [5.74, 6) is 0.590. The molecular weight excluding hydrogens is 124 g/mol. The second-order valence-corrected chi connectivity index (χ2v) is 4.17. The fourth-order valence-electron chi connectivity index (χ4n) is 0.762. The van der Waals surface area contributed by atoms with Gasteiger partial charge in [0.2, 0.25) is 0 Å². The highest BCUT2D eigenvalue weighted by molar-refractivity contribution is 4.72. The van der Waals surface area contributed by atoms with E-state index in [1.165, 1.54) is 0 Å². The fourth-order valence-corrected chi connectivity index (χ4v) is 0.762. The molecule has 0 saturated heterocycles. The Labute approximate surface area is 64.0 Å². The monoisotopic (exact) mass is 144 g/mol. The summed E-state index contributed by atoms with van der Waals surface area (Å²) in [6.07, 6.45) is 0.748. The van der Waals surface area contributed by atoms with Crippen molar-refractivity contribution < 1.29 is 0 Å². The molecule has 0 saturated carbocycles. The van der Waals surface area contributed by atoms with E-state index in [2.05, 4.69) is 27.7 Å². The van der Waals surface area contributed by atoms with Gasteiger partial charge in [-0.3, -0.25) is 0 Å². The Kier molecular flexibility index (Phi) is 3.33. The van der Waals surface area contributed by atoms with Crippen LogP contribution in [0.5, 0.6) is 0 Å². The van der Waals surface area contributed by atoms with Crippen LogP contribution >= 0.6 is 0 Å². The SMILES string of the molecule is CC(CC(N)N)C(C)(C)C. The van der Waals surface area contributed by atoms with Crippen molar-refractivity contribution in [2.24, 2.45) is 22.8 Å².